The fraction of sp³-hybridized carbons (Fsp3) is 1.00. The molecule has 0 unspecified atom stereocenters. The molecule has 0 radical (unpaired) electrons. The van der Waals surface area contributed by atoms with E-state index in [2.05, 4.69) is 5.32 Å². The number of hydrogen-bond acceptors (Lipinski definition) is 4. The van der Waals surface area contributed by atoms with Crippen molar-refractivity contribution in [2.75, 3.05) is 40.1 Å². The molecule has 0 saturated carbocycles. The van der Waals surface area contributed by atoms with Gasteiger partial charge in [-0.3, -0.25) is 5.32 Å². The van der Waals surface area contributed by atoms with Crippen LogP contribution >= 0.6 is 0 Å². The van der Waals surface area contributed by atoms with Crippen LogP contribution in [0.2, 0.25) is 0 Å². The zero-order valence-corrected chi connectivity index (χ0v) is 7.84. The lowest BCUT2D eigenvalue weighted by Gasteiger charge is -2.04. The molecule has 74 valence electrons. The van der Waals surface area contributed by atoms with Gasteiger partial charge in [0.05, 0.1) is 13.3 Å². The molecular weight excluding hydrogens is 156 g/mol. The van der Waals surface area contributed by atoms with Crippen molar-refractivity contribution < 1.29 is 9.47 Å². The highest BCUT2D eigenvalue weighted by Crippen LogP contribution is 1.81. The van der Waals surface area contributed by atoms with Gasteiger partial charge >= 0.3 is 0 Å². The fourth-order valence-corrected chi connectivity index (χ4v) is 0.749. The first-order valence-corrected chi connectivity index (χ1v) is 4.39. The molecule has 0 aliphatic carbocycles. The van der Waals surface area contributed by atoms with Crippen LogP contribution in [-0.4, -0.2) is 40.1 Å². The van der Waals surface area contributed by atoms with E-state index in [0.717, 1.165) is 39.1 Å². The third kappa shape index (κ3) is 9.84. The van der Waals surface area contributed by atoms with Gasteiger partial charge in [0.1, 0.15) is 0 Å². The van der Waals surface area contributed by atoms with Crippen LogP contribution < -0.4 is 11.1 Å². The number of nitrogens with one attached hydrogen (secondary N) is 1. The van der Waals surface area contributed by atoms with Crippen LogP contribution in [0.3, 0.4) is 0 Å². The van der Waals surface area contributed by atoms with Crippen molar-refractivity contribution in [1.29, 1.82) is 0 Å². The Morgan fingerprint density at radius 2 is 2.08 bits per heavy atom. The van der Waals surface area contributed by atoms with Gasteiger partial charge < -0.3 is 15.2 Å². The third-order valence-corrected chi connectivity index (χ3v) is 1.40. The van der Waals surface area contributed by atoms with Crippen LogP contribution in [-0.2, 0) is 9.47 Å². The Labute approximate surface area is 74.4 Å². The summed E-state index contributed by atoms with van der Waals surface area (Å²) in [7, 11) is 1.69. The van der Waals surface area contributed by atoms with Gasteiger partial charge in [-0.15, -0.1) is 0 Å². The number of nitrogens with two attached hydrogens (primary N) is 1. The van der Waals surface area contributed by atoms with Gasteiger partial charge in [-0.05, 0) is 25.9 Å². The van der Waals surface area contributed by atoms with Gasteiger partial charge in [0.2, 0.25) is 0 Å². The predicted molar refractivity (Wildman–Crippen MR) is 49.0 cm³/mol. The van der Waals surface area contributed by atoms with Crippen molar-refractivity contribution in [3.8, 4) is 0 Å². The Hall–Kier alpha value is -0.160. The first-order chi connectivity index (χ1) is 5.91. The summed E-state index contributed by atoms with van der Waals surface area (Å²) in [5, 5.41) is 3.12. The minimum atomic E-state index is 0.615. The average Bonchev–Trinajstić information content (AvgIpc) is 2.10. The standard InChI is InChI=1S/C8H20N2O2/c1-11-6-3-7-12-8-10-5-2-4-9/h10H,2-9H2,1H3. The zero-order valence-electron chi connectivity index (χ0n) is 7.84. The van der Waals surface area contributed by atoms with E-state index in [0.29, 0.717) is 6.73 Å². The second kappa shape index (κ2) is 10.8. The summed E-state index contributed by atoms with van der Waals surface area (Å²) in [5.74, 6) is 0. The number of methoxy groups -OCH3 is 1. The molecule has 0 spiro atoms. The fourth-order valence-electron chi connectivity index (χ4n) is 0.749. The molecule has 0 aliphatic heterocycles. The summed E-state index contributed by atoms with van der Waals surface area (Å²) in [6.07, 6.45) is 1.95. The molecule has 4 nitrogen and oxygen atoms in total. The molecule has 0 rings (SSSR count). The summed E-state index contributed by atoms with van der Waals surface area (Å²) in [4.78, 5) is 0. The Kier molecular flexibility index (Phi) is 10.7. The highest BCUT2D eigenvalue weighted by Gasteiger charge is 1.87. The second-order valence-corrected chi connectivity index (χ2v) is 2.54. The quantitative estimate of drug-likeness (QED) is 0.381. The molecule has 0 aromatic carbocycles. The Morgan fingerprint density at radius 3 is 2.75 bits per heavy atom. The Morgan fingerprint density at radius 1 is 1.25 bits per heavy atom. The smallest absolute Gasteiger partial charge is 0.0965 e. The first kappa shape index (κ1) is 11.8. The van der Waals surface area contributed by atoms with Crippen molar-refractivity contribution >= 4 is 0 Å². The molecule has 0 fully saturated rings. The van der Waals surface area contributed by atoms with Crippen molar-refractivity contribution in [3.05, 3.63) is 0 Å². The molecule has 0 heterocycles. The van der Waals surface area contributed by atoms with Gasteiger partial charge in [-0.1, -0.05) is 0 Å². The maximum atomic E-state index is 5.31. The average molecular weight is 176 g/mol. The minimum Gasteiger partial charge on any atom is -0.385 e. The van der Waals surface area contributed by atoms with E-state index >= 15 is 0 Å². The van der Waals surface area contributed by atoms with Crippen LogP contribution in [0.1, 0.15) is 12.8 Å². The lowest BCUT2D eigenvalue weighted by Crippen LogP contribution is -2.21. The van der Waals surface area contributed by atoms with E-state index in [1.165, 1.54) is 0 Å². The number of hydrogen-bond donors (Lipinski definition) is 2. The van der Waals surface area contributed by atoms with Gasteiger partial charge in [-0.25, -0.2) is 0 Å². The molecule has 3 N–H and O–H groups in total. The Bertz CT molecular complexity index is 71.5. The lowest BCUT2D eigenvalue weighted by atomic mass is 10.4. The summed E-state index contributed by atoms with van der Waals surface area (Å²) >= 11 is 0. The van der Waals surface area contributed by atoms with E-state index in [9.17, 15) is 0 Å². The highest BCUT2D eigenvalue weighted by molar-refractivity contribution is 4.42. The van der Waals surface area contributed by atoms with Crippen LogP contribution in [0.5, 0.6) is 0 Å². The molecule has 0 saturated heterocycles. The molecular formula is C8H20N2O2. The molecule has 0 atom stereocenters. The van der Waals surface area contributed by atoms with E-state index in [1.807, 2.05) is 0 Å². The monoisotopic (exact) mass is 176 g/mol. The van der Waals surface area contributed by atoms with E-state index < -0.39 is 0 Å². The molecule has 4 heteroatoms. The van der Waals surface area contributed by atoms with Crippen molar-refractivity contribution in [3.63, 3.8) is 0 Å². The SMILES string of the molecule is COCCCOCNCCCN. The summed E-state index contributed by atoms with van der Waals surface area (Å²) in [6, 6.07) is 0. The van der Waals surface area contributed by atoms with Gasteiger partial charge in [-0.2, -0.15) is 0 Å². The topological polar surface area (TPSA) is 56.5 Å². The summed E-state index contributed by atoms with van der Waals surface area (Å²) < 4.78 is 10.1. The van der Waals surface area contributed by atoms with Gasteiger partial charge in [0.15, 0.2) is 0 Å². The van der Waals surface area contributed by atoms with Gasteiger partial charge in [0.25, 0.3) is 0 Å². The maximum Gasteiger partial charge on any atom is 0.0965 e. The van der Waals surface area contributed by atoms with Crippen LogP contribution in [0.15, 0.2) is 0 Å². The molecule has 12 heavy (non-hydrogen) atoms. The Balaban J connectivity index is 2.73. The van der Waals surface area contributed by atoms with E-state index in [4.69, 9.17) is 15.2 Å². The van der Waals surface area contributed by atoms with Crippen molar-refractivity contribution in [2.24, 2.45) is 5.73 Å². The second-order valence-electron chi connectivity index (χ2n) is 2.54. The minimum absolute atomic E-state index is 0.615. The predicted octanol–water partition coefficient (Wildman–Crippen LogP) is -0.0646. The number of ether oxygens (including phenoxy) is 2. The molecule has 0 amide bonds. The van der Waals surface area contributed by atoms with Crippen molar-refractivity contribution in [2.45, 2.75) is 12.8 Å². The van der Waals surface area contributed by atoms with E-state index in [1.54, 1.807) is 7.11 Å². The van der Waals surface area contributed by atoms with Crippen LogP contribution in [0.4, 0.5) is 0 Å². The normalized spacial score (nSPS) is 10.5. The highest BCUT2D eigenvalue weighted by atomic mass is 16.5. The molecule has 0 bridgehead atoms. The first-order valence-electron chi connectivity index (χ1n) is 4.39. The summed E-state index contributed by atoms with van der Waals surface area (Å²) in [5.41, 5.74) is 5.31. The number of rotatable bonds is 9. The largest absolute Gasteiger partial charge is 0.385 e. The zero-order chi connectivity index (χ0) is 9.07. The molecule has 0 aromatic heterocycles. The van der Waals surface area contributed by atoms with Crippen LogP contribution in [0.25, 0.3) is 0 Å². The third-order valence-electron chi connectivity index (χ3n) is 1.40. The van der Waals surface area contributed by atoms with Crippen LogP contribution in [0, 0.1) is 0 Å². The molecule has 0 aliphatic rings. The van der Waals surface area contributed by atoms with Crippen molar-refractivity contribution in [1.82, 2.24) is 5.32 Å². The molecule has 0 aromatic rings. The lowest BCUT2D eigenvalue weighted by molar-refractivity contribution is 0.0910. The van der Waals surface area contributed by atoms with E-state index in [-0.39, 0.29) is 0 Å². The summed E-state index contributed by atoms with van der Waals surface area (Å²) in [6.45, 7) is 3.80. The maximum absolute atomic E-state index is 5.31. The van der Waals surface area contributed by atoms with Gasteiger partial charge in [0, 0.05) is 13.7 Å².